The van der Waals surface area contributed by atoms with Gasteiger partial charge in [-0.1, -0.05) is 30.3 Å². The van der Waals surface area contributed by atoms with E-state index < -0.39 is 0 Å². The fraction of sp³-hybridized carbons (Fsp3) is 0.0909. The van der Waals surface area contributed by atoms with Crippen molar-refractivity contribution in [2.75, 3.05) is 14.2 Å². The molecule has 1 heterocycles. The molecule has 1 aliphatic heterocycles. The van der Waals surface area contributed by atoms with Crippen molar-refractivity contribution in [3.05, 3.63) is 71.1 Å². The van der Waals surface area contributed by atoms with E-state index in [1.54, 1.807) is 14.2 Å². The zero-order valence-electron chi connectivity index (χ0n) is 15.4. The fourth-order valence-electron chi connectivity index (χ4n) is 3.00. The first kappa shape index (κ1) is 18.1. The maximum atomic E-state index is 12.4. The van der Waals surface area contributed by atoms with Gasteiger partial charge in [0.2, 0.25) is 0 Å². The van der Waals surface area contributed by atoms with Gasteiger partial charge >= 0.3 is 0 Å². The zero-order chi connectivity index (χ0) is 19.5. The summed E-state index contributed by atoms with van der Waals surface area (Å²) >= 11 is 1.31. The third kappa shape index (κ3) is 3.59. The van der Waals surface area contributed by atoms with Crippen molar-refractivity contribution < 1.29 is 14.3 Å². The SMILES string of the molecule is COc1cc2cccc(OC)c2cc1C=C1SC(=Nc2ccccc2)NC1=O. The van der Waals surface area contributed by atoms with Crippen LogP contribution in [-0.2, 0) is 4.79 Å². The van der Waals surface area contributed by atoms with Crippen LogP contribution in [0.25, 0.3) is 16.8 Å². The van der Waals surface area contributed by atoms with Gasteiger partial charge in [-0.15, -0.1) is 0 Å². The molecular formula is C22H18N2O3S. The molecular weight excluding hydrogens is 372 g/mol. The van der Waals surface area contributed by atoms with Crippen LogP contribution in [0.3, 0.4) is 0 Å². The molecule has 4 rings (SSSR count). The van der Waals surface area contributed by atoms with Crippen LogP contribution in [0.2, 0.25) is 0 Å². The average Bonchev–Trinajstić information content (AvgIpc) is 3.06. The van der Waals surface area contributed by atoms with Crippen molar-refractivity contribution in [2.24, 2.45) is 4.99 Å². The largest absolute Gasteiger partial charge is 0.496 e. The molecule has 0 spiro atoms. The van der Waals surface area contributed by atoms with E-state index >= 15 is 0 Å². The monoisotopic (exact) mass is 390 g/mol. The first-order valence-corrected chi connectivity index (χ1v) is 9.49. The Kier molecular flexibility index (Phi) is 5.04. The minimum Gasteiger partial charge on any atom is -0.496 e. The number of nitrogens with one attached hydrogen (secondary N) is 1. The Morgan fingerprint density at radius 3 is 2.50 bits per heavy atom. The first-order chi connectivity index (χ1) is 13.7. The topological polar surface area (TPSA) is 59.9 Å². The summed E-state index contributed by atoms with van der Waals surface area (Å²) in [6.45, 7) is 0. The number of benzene rings is 3. The van der Waals surface area contributed by atoms with E-state index in [4.69, 9.17) is 9.47 Å². The third-order valence-corrected chi connectivity index (χ3v) is 5.24. The van der Waals surface area contributed by atoms with E-state index in [0.717, 1.165) is 27.8 Å². The second-order valence-electron chi connectivity index (χ2n) is 6.09. The number of aliphatic imine (C=N–C) groups is 1. The molecule has 0 radical (unpaired) electrons. The highest BCUT2D eigenvalue weighted by molar-refractivity contribution is 8.18. The van der Waals surface area contributed by atoms with Gasteiger partial charge in [0.05, 0.1) is 24.8 Å². The van der Waals surface area contributed by atoms with Gasteiger partial charge in [-0.25, -0.2) is 4.99 Å². The van der Waals surface area contributed by atoms with E-state index in [9.17, 15) is 4.79 Å². The van der Waals surface area contributed by atoms with Crippen molar-refractivity contribution in [1.82, 2.24) is 5.32 Å². The number of rotatable bonds is 4. The molecule has 1 amide bonds. The van der Waals surface area contributed by atoms with Crippen molar-refractivity contribution >= 4 is 45.4 Å². The Hall–Kier alpha value is -3.25. The lowest BCUT2D eigenvalue weighted by atomic mass is 10.0. The van der Waals surface area contributed by atoms with Gasteiger partial charge in [0.15, 0.2) is 5.17 Å². The predicted molar refractivity (Wildman–Crippen MR) is 114 cm³/mol. The molecule has 0 aliphatic carbocycles. The van der Waals surface area contributed by atoms with Gasteiger partial charge in [-0.05, 0) is 53.6 Å². The third-order valence-electron chi connectivity index (χ3n) is 4.33. The highest BCUT2D eigenvalue weighted by Crippen LogP contribution is 2.35. The standard InChI is InChI=1S/C22H18N2O3S/c1-26-18-10-6-7-14-12-19(27-2)15(11-17(14)18)13-20-21(25)24-22(28-20)23-16-8-4-3-5-9-16/h3-13H,1-2H3,(H,23,24,25). The summed E-state index contributed by atoms with van der Waals surface area (Å²) in [6.07, 6.45) is 1.82. The maximum Gasteiger partial charge on any atom is 0.264 e. The Morgan fingerprint density at radius 1 is 0.964 bits per heavy atom. The molecule has 6 heteroatoms. The van der Waals surface area contributed by atoms with Crippen molar-refractivity contribution in [1.29, 1.82) is 0 Å². The van der Waals surface area contributed by atoms with E-state index in [-0.39, 0.29) is 5.91 Å². The molecule has 5 nitrogen and oxygen atoms in total. The molecule has 0 unspecified atom stereocenters. The van der Waals surface area contributed by atoms with Crippen LogP contribution < -0.4 is 14.8 Å². The number of para-hydroxylation sites is 1. The van der Waals surface area contributed by atoms with E-state index in [2.05, 4.69) is 10.3 Å². The number of hydrogen-bond acceptors (Lipinski definition) is 5. The molecule has 3 aromatic rings. The number of ether oxygens (including phenoxy) is 2. The fourth-order valence-corrected chi connectivity index (χ4v) is 3.83. The minimum absolute atomic E-state index is 0.179. The van der Waals surface area contributed by atoms with Gasteiger partial charge in [-0.3, -0.25) is 4.79 Å². The molecule has 28 heavy (non-hydrogen) atoms. The summed E-state index contributed by atoms with van der Waals surface area (Å²) in [5.74, 6) is 1.28. The van der Waals surface area contributed by atoms with Crippen LogP contribution in [0.4, 0.5) is 5.69 Å². The van der Waals surface area contributed by atoms with Crippen LogP contribution in [0.5, 0.6) is 11.5 Å². The van der Waals surface area contributed by atoms with Crippen molar-refractivity contribution in [2.45, 2.75) is 0 Å². The predicted octanol–water partition coefficient (Wildman–Crippen LogP) is 4.75. The number of amidine groups is 1. The lowest BCUT2D eigenvalue weighted by molar-refractivity contribution is -0.115. The maximum absolute atomic E-state index is 12.4. The Bertz CT molecular complexity index is 1110. The zero-order valence-corrected chi connectivity index (χ0v) is 16.2. The summed E-state index contributed by atoms with van der Waals surface area (Å²) in [6, 6.07) is 19.3. The number of thioether (sulfide) groups is 1. The highest BCUT2D eigenvalue weighted by atomic mass is 32.2. The average molecular weight is 390 g/mol. The number of carbonyl (C=O) groups is 1. The number of methoxy groups -OCH3 is 2. The number of carbonyl (C=O) groups excluding carboxylic acids is 1. The number of fused-ring (bicyclic) bond motifs is 1. The van der Waals surface area contributed by atoms with Gasteiger partial charge in [0.25, 0.3) is 5.91 Å². The van der Waals surface area contributed by atoms with Gasteiger partial charge in [0, 0.05) is 10.9 Å². The normalized spacial score (nSPS) is 16.6. The molecule has 1 saturated heterocycles. The second kappa shape index (κ2) is 7.78. The summed E-state index contributed by atoms with van der Waals surface area (Å²) in [4.78, 5) is 17.5. The van der Waals surface area contributed by atoms with Crippen LogP contribution >= 0.6 is 11.8 Å². The van der Waals surface area contributed by atoms with Crippen LogP contribution in [-0.4, -0.2) is 25.3 Å². The molecule has 3 aromatic carbocycles. The molecule has 1 aliphatic rings. The summed E-state index contributed by atoms with van der Waals surface area (Å²) < 4.78 is 11.0. The van der Waals surface area contributed by atoms with Crippen molar-refractivity contribution in [3.63, 3.8) is 0 Å². The van der Waals surface area contributed by atoms with Crippen LogP contribution in [0.1, 0.15) is 5.56 Å². The molecule has 0 saturated carbocycles. The molecule has 0 bridgehead atoms. The smallest absolute Gasteiger partial charge is 0.264 e. The summed E-state index contributed by atoms with van der Waals surface area (Å²) in [5, 5.41) is 5.33. The summed E-state index contributed by atoms with van der Waals surface area (Å²) in [7, 11) is 3.26. The Morgan fingerprint density at radius 2 is 1.75 bits per heavy atom. The van der Waals surface area contributed by atoms with Crippen molar-refractivity contribution in [3.8, 4) is 11.5 Å². The highest BCUT2D eigenvalue weighted by Gasteiger charge is 2.24. The van der Waals surface area contributed by atoms with Crippen LogP contribution in [0.15, 0.2) is 70.6 Å². The van der Waals surface area contributed by atoms with Gasteiger partial charge < -0.3 is 14.8 Å². The number of nitrogens with zero attached hydrogens (tertiary/aromatic N) is 1. The van der Waals surface area contributed by atoms with E-state index in [1.165, 1.54) is 11.8 Å². The minimum atomic E-state index is -0.179. The molecule has 0 atom stereocenters. The molecule has 0 aromatic heterocycles. The quantitative estimate of drug-likeness (QED) is 0.653. The lowest BCUT2D eigenvalue weighted by Crippen LogP contribution is -2.19. The first-order valence-electron chi connectivity index (χ1n) is 8.67. The Labute approximate surface area is 167 Å². The Balaban J connectivity index is 1.73. The van der Waals surface area contributed by atoms with E-state index in [0.29, 0.717) is 15.8 Å². The summed E-state index contributed by atoms with van der Waals surface area (Å²) in [5.41, 5.74) is 1.60. The van der Waals surface area contributed by atoms with Gasteiger partial charge in [-0.2, -0.15) is 0 Å². The molecule has 1 N–H and O–H groups in total. The number of amides is 1. The lowest BCUT2D eigenvalue weighted by Gasteiger charge is -2.10. The molecule has 1 fully saturated rings. The van der Waals surface area contributed by atoms with Gasteiger partial charge in [0.1, 0.15) is 11.5 Å². The van der Waals surface area contributed by atoms with E-state index in [1.807, 2.05) is 66.7 Å². The second-order valence-corrected chi connectivity index (χ2v) is 7.12. The molecule has 140 valence electrons. The van der Waals surface area contributed by atoms with Crippen LogP contribution in [0, 0.1) is 0 Å². The number of hydrogen-bond donors (Lipinski definition) is 1.